The van der Waals surface area contributed by atoms with E-state index in [9.17, 15) is 19.5 Å². The number of ether oxygens (including phenoxy) is 1. The van der Waals surface area contributed by atoms with Crippen LogP contribution >= 0.6 is 0 Å². The second-order valence-corrected chi connectivity index (χ2v) is 7.05. The van der Waals surface area contributed by atoms with Crippen LogP contribution in [-0.2, 0) is 18.8 Å². The summed E-state index contributed by atoms with van der Waals surface area (Å²) in [5.74, 6) is -0.490. The van der Waals surface area contributed by atoms with Crippen molar-refractivity contribution in [3.05, 3.63) is 74.6 Å². The molecule has 2 heterocycles. The van der Waals surface area contributed by atoms with E-state index in [1.54, 1.807) is 0 Å². The molecule has 9 heteroatoms. The first-order valence-corrected chi connectivity index (χ1v) is 9.48. The molecule has 2 N–H and O–H groups in total. The van der Waals surface area contributed by atoms with Crippen LogP contribution in [-0.4, -0.2) is 44.4 Å². The number of aromatic nitrogens is 3. The first kappa shape index (κ1) is 21.4. The Morgan fingerprint density at radius 1 is 1.20 bits per heavy atom. The van der Waals surface area contributed by atoms with Gasteiger partial charge in [0.15, 0.2) is 0 Å². The molecule has 2 atom stereocenters. The average Bonchev–Trinajstić information content (AvgIpc) is 2.78. The number of nitrogens with zero attached hydrogens (tertiary/aromatic N) is 3. The number of benzene rings is 1. The van der Waals surface area contributed by atoms with Crippen molar-refractivity contribution in [2.24, 2.45) is 14.1 Å². The molecular weight excluding hydrogens is 388 g/mol. The van der Waals surface area contributed by atoms with Crippen molar-refractivity contribution in [3.8, 4) is 0 Å². The van der Waals surface area contributed by atoms with Gasteiger partial charge in [0, 0.05) is 26.8 Å². The van der Waals surface area contributed by atoms with Crippen molar-refractivity contribution in [3.63, 3.8) is 0 Å². The Balaban J connectivity index is 1.62. The highest BCUT2D eigenvalue weighted by Gasteiger charge is 2.15. The zero-order valence-corrected chi connectivity index (χ0v) is 17.0. The second-order valence-electron chi connectivity index (χ2n) is 7.05. The Hall–Kier alpha value is -3.30. The maximum Gasteiger partial charge on any atom is 0.332 e. The summed E-state index contributed by atoms with van der Waals surface area (Å²) < 4.78 is 7.85. The van der Waals surface area contributed by atoms with Gasteiger partial charge in [0.2, 0.25) is 0 Å². The van der Waals surface area contributed by atoms with Gasteiger partial charge in [-0.3, -0.25) is 18.7 Å². The third-order valence-electron chi connectivity index (χ3n) is 4.86. The smallest absolute Gasteiger partial charge is 0.332 e. The number of aryl methyl sites for hydroxylation is 1. The largest absolute Gasteiger partial charge is 0.389 e. The monoisotopic (exact) mass is 412 g/mol. The molecule has 3 rings (SSSR count). The first-order chi connectivity index (χ1) is 14.3. The minimum absolute atomic E-state index is 0.0241. The van der Waals surface area contributed by atoms with Crippen LogP contribution in [0.5, 0.6) is 0 Å². The van der Waals surface area contributed by atoms with E-state index < -0.39 is 23.3 Å². The van der Waals surface area contributed by atoms with E-state index in [1.807, 2.05) is 37.3 Å². The summed E-state index contributed by atoms with van der Waals surface area (Å²) in [6, 6.07) is 11.0. The van der Waals surface area contributed by atoms with E-state index in [1.165, 1.54) is 30.9 Å². The molecule has 3 aromatic rings. The molecule has 0 radical (unpaired) electrons. The van der Waals surface area contributed by atoms with Gasteiger partial charge in [0.05, 0.1) is 29.8 Å². The number of carbonyl (C=O) groups excluding carboxylic acids is 1. The summed E-state index contributed by atoms with van der Waals surface area (Å²) in [7, 11) is 2.87. The molecule has 0 aliphatic heterocycles. The number of pyridine rings is 1. The Kier molecular flexibility index (Phi) is 6.43. The lowest BCUT2D eigenvalue weighted by atomic mass is 10.1. The van der Waals surface area contributed by atoms with Gasteiger partial charge in [0.1, 0.15) is 5.65 Å². The Bertz CT molecular complexity index is 1170. The fourth-order valence-electron chi connectivity index (χ4n) is 3.04. The van der Waals surface area contributed by atoms with E-state index >= 15 is 0 Å². The molecule has 0 aliphatic rings. The Morgan fingerprint density at radius 3 is 2.60 bits per heavy atom. The number of carbonyl (C=O) groups is 1. The molecule has 0 saturated carbocycles. The van der Waals surface area contributed by atoms with Crippen molar-refractivity contribution < 1.29 is 14.6 Å². The topological polar surface area (TPSA) is 115 Å². The van der Waals surface area contributed by atoms with Gasteiger partial charge in [-0.25, -0.2) is 9.78 Å². The molecule has 0 aliphatic carbocycles. The van der Waals surface area contributed by atoms with Gasteiger partial charge in [-0.15, -0.1) is 0 Å². The normalized spacial score (nSPS) is 13.2. The minimum Gasteiger partial charge on any atom is -0.389 e. The van der Waals surface area contributed by atoms with Crippen LogP contribution < -0.4 is 16.6 Å². The van der Waals surface area contributed by atoms with Crippen molar-refractivity contribution in [1.82, 2.24) is 19.4 Å². The van der Waals surface area contributed by atoms with Crippen LogP contribution in [0.25, 0.3) is 11.0 Å². The van der Waals surface area contributed by atoms with E-state index in [0.717, 1.165) is 10.1 Å². The number of amides is 1. The third kappa shape index (κ3) is 4.47. The maximum absolute atomic E-state index is 12.4. The molecule has 0 fully saturated rings. The lowest BCUT2D eigenvalue weighted by Crippen LogP contribution is -2.38. The van der Waals surface area contributed by atoms with Crippen LogP contribution in [0.2, 0.25) is 0 Å². The first-order valence-electron chi connectivity index (χ1n) is 9.48. The summed E-state index contributed by atoms with van der Waals surface area (Å²) in [5.41, 5.74) is 0.322. The Labute approximate surface area is 172 Å². The van der Waals surface area contributed by atoms with E-state index in [2.05, 4.69) is 10.3 Å². The van der Waals surface area contributed by atoms with E-state index in [4.69, 9.17) is 4.74 Å². The zero-order valence-electron chi connectivity index (χ0n) is 17.0. The SMILES string of the molecule is C[C@H](OC[C@H](O)CNC(=O)c1cnc2c(c1)c(=O)n(C)c(=O)n2C)c1ccccc1. The predicted molar refractivity (Wildman–Crippen MR) is 111 cm³/mol. The van der Waals surface area contributed by atoms with Gasteiger partial charge in [-0.05, 0) is 18.6 Å². The molecule has 2 aromatic heterocycles. The van der Waals surface area contributed by atoms with Crippen LogP contribution in [0.15, 0.2) is 52.2 Å². The average molecular weight is 412 g/mol. The molecule has 158 valence electrons. The number of hydrogen-bond donors (Lipinski definition) is 2. The number of fused-ring (bicyclic) bond motifs is 1. The van der Waals surface area contributed by atoms with Crippen LogP contribution in [0.4, 0.5) is 0 Å². The summed E-state index contributed by atoms with van der Waals surface area (Å²) in [6.07, 6.45) is 0.197. The van der Waals surface area contributed by atoms with Crippen molar-refractivity contribution in [1.29, 1.82) is 0 Å². The molecule has 9 nitrogen and oxygen atoms in total. The summed E-state index contributed by atoms with van der Waals surface area (Å²) in [6.45, 7) is 1.91. The number of hydrogen-bond acceptors (Lipinski definition) is 6. The Morgan fingerprint density at radius 2 is 1.90 bits per heavy atom. The minimum atomic E-state index is -0.901. The highest BCUT2D eigenvalue weighted by atomic mass is 16.5. The maximum atomic E-state index is 12.4. The summed E-state index contributed by atoms with van der Waals surface area (Å²) >= 11 is 0. The molecule has 30 heavy (non-hydrogen) atoms. The van der Waals surface area contributed by atoms with Crippen LogP contribution in [0.3, 0.4) is 0 Å². The van der Waals surface area contributed by atoms with Crippen molar-refractivity contribution in [2.45, 2.75) is 19.1 Å². The number of rotatable bonds is 7. The molecule has 1 amide bonds. The van der Waals surface area contributed by atoms with Crippen molar-refractivity contribution >= 4 is 16.9 Å². The number of aliphatic hydroxyl groups is 1. The molecular formula is C21H24N4O5. The van der Waals surface area contributed by atoms with E-state index in [-0.39, 0.29) is 35.9 Å². The fraction of sp³-hybridized carbons (Fsp3) is 0.333. The highest BCUT2D eigenvalue weighted by Crippen LogP contribution is 2.16. The molecule has 1 aromatic carbocycles. The lowest BCUT2D eigenvalue weighted by Gasteiger charge is -2.17. The standard InChI is InChI=1S/C21H24N4O5/c1-13(14-7-5-4-6-8-14)30-12-16(26)11-23-19(27)15-9-17-18(22-10-15)24(2)21(29)25(3)20(17)28/h4-10,13,16,26H,11-12H2,1-3H3,(H,23,27)/t13-,16+/m0/s1. The molecule has 0 bridgehead atoms. The molecule has 0 saturated heterocycles. The highest BCUT2D eigenvalue weighted by molar-refractivity contribution is 5.96. The van der Waals surface area contributed by atoms with Gasteiger partial charge in [-0.1, -0.05) is 30.3 Å². The predicted octanol–water partition coefficient (Wildman–Crippen LogP) is 0.501. The lowest BCUT2D eigenvalue weighted by molar-refractivity contribution is -0.00171. The van der Waals surface area contributed by atoms with Crippen LogP contribution in [0, 0.1) is 0 Å². The number of nitrogens with one attached hydrogen (secondary N) is 1. The van der Waals surface area contributed by atoms with Gasteiger partial charge in [-0.2, -0.15) is 0 Å². The fourth-order valence-corrected chi connectivity index (χ4v) is 3.04. The zero-order chi connectivity index (χ0) is 21.8. The van der Waals surface area contributed by atoms with Crippen LogP contribution in [0.1, 0.15) is 28.9 Å². The second kappa shape index (κ2) is 9.02. The quantitative estimate of drug-likeness (QED) is 0.584. The van der Waals surface area contributed by atoms with E-state index in [0.29, 0.717) is 0 Å². The van der Waals surface area contributed by atoms with Gasteiger partial charge in [0.25, 0.3) is 11.5 Å². The molecule has 0 unspecified atom stereocenters. The summed E-state index contributed by atoms with van der Waals surface area (Å²) in [4.78, 5) is 40.8. The van der Waals surface area contributed by atoms with Crippen molar-refractivity contribution in [2.75, 3.05) is 13.2 Å². The number of aliphatic hydroxyl groups excluding tert-OH is 1. The van der Waals surface area contributed by atoms with Gasteiger partial charge < -0.3 is 15.2 Å². The van der Waals surface area contributed by atoms with Gasteiger partial charge >= 0.3 is 5.69 Å². The third-order valence-corrected chi connectivity index (χ3v) is 4.86. The molecule has 0 spiro atoms. The summed E-state index contributed by atoms with van der Waals surface area (Å²) in [5, 5.41) is 12.9.